The van der Waals surface area contributed by atoms with Crippen molar-refractivity contribution in [2.24, 2.45) is 5.92 Å². The quantitative estimate of drug-likeness (QED) is 0.448. The first-order valence-corrected chi connectivity index (χ1v) is 5.64. The number of carbonyl (C=O) groups excluding carboxylic acids is 1. The van der Waals surface area contributed by atoms with E-state index in [0.29, 0.717) is 12.4 Å². The molecule has 2 atom stereocenters. The van der Waals surface area contributed by atoms with Crippen molar-refractivity contribution < 1.29 is 14.7 Å². The van der Waals surface area contributed by atoms with Gasteiger partial charge in [-0.25, -0.2) is 15.4 Å². The maximum absolute atomic E-state index is 11.0. The topological polar surface area (TPSA) is 84.3 Å². The number of hydrogen-bond donors (Lipinski definition) is 2. The van der Waals surface area contributed by atoms with E-state index in [-0.39, 0.29) is 17.6 Å². The molecule has 0 spiro atoms. The van der Waals surface area contributed by atoms with E-state index >= 15 is 0 Å². The van der Waals surface area contributed by atoms with Crippen LogP contribution in [0.5, 0.6) is 0 Å². The van der Waals surface area contributed by atoms with Crippen LogP contribution in [-0.2, 0) is 4.74 Å². The zero-order valence-electron chi connectivity index (χ0n) is 9.88. The Labute approximate surface area is 104 Å². The molecule has 1 aliphatic heterocycles. The van der Waals surface area contributed by atoms with E-state index in [4.69, 9.17) is 9.94 Å². The Hall–Kier alpha value is -1.97. The van der Waals surface area contributed by atoms with Crippen LogP contribution in [0.2, 0.25) is 0 Å². The lowest BCUT2D eigenvalue weighted by Gasteiger charge is -2.32. The number of hydrogen-bond acceptors (Lipinski definition) is 5. The summed E-state index contributed by atoms with van der Waals surface area (Å²) in [6.45, 7) is 2.70. The predicted octanol–water partition coefficient (Wildman–Crippen LogP) is 0.372. The van der Waals surface area contributed by atoms with Crippen LogP contribution in [-0.4, -0.2) is 33.8 Å². The summed E-state index contributed by atoms with van der Waals surface area (Å²) in [5.74, 6) is 5.84. The van der Waals surface area contributed by atoms with Gasteiger partial charge in [0.25, 0.3) is 5.91 Å². The Kier molecular flexibility index (Phi) is 3.87. The third kappa shape index (κ3) is 2.64. The predicted molar refractivity (Wildman–Crippen MR) is 61.7 cm³/mol. The van der Waals surface area contributed by atoms with Gasteiger partial charge in [-0.1, -0.05) is 12.8 Å². The molecule has 1 aromatic rings. The second kappa shape index (κ2) is 5.58. The van der Waals surface area contributed by atoms with Gasteiger partial charge in [-0.15, -0.1) is 0 Å². The monoisotopic (exact) mass is 247 g/mol. The van der Waals surface area contributed by atoms with Gasteiger partial charge in [0, 0.05) is 12.4 Å². The third-order valence-electron chi connectivity index (χ3n) is 2.73. The van der Waals surface area contributed by atoms with E-state index in [0.717, 1.165) is 6.42 Å². The van der Waals surface area contributed by atoms with E-state index in [2.05, 4.69) is 28.7 Å². The molecule has 0 bridgehead atoms. The Morgan fingerprint density at radius 3 is 2.83 bits per heavy atom. The highest BCUT2D eigenvalue weighted by molar-refractivity contribution is 5.92. The standard InChI is InChI=1S/C12H13N3O3/c1-2-10-8(7-18-10)3-4-11-13-5-9(6-14-11)12(16)15-17/h5-6,8,10,17H,2,7H2,1H3,(H,15,16)/t8-,10?/m1/s1. The number of aromatic nitrogens is 2. The molecule has 1 aliphatic rings. The number of amides is 1. The number of hydroxylamine groups is 1. The van der Waals surface area contributed by atoms with Crippen LogP contribution < -0.4 is 5.48 Å². The molecule has 1 unspecified atom stereocenters. The Morgan fingerprint density at radius 2 is 2.33 bits per heavy atom. The first-order valence-electron chi connectivity index (χ1n) is 5.64. The van der Waals surface area contributed by atoms with Crippen molar-refractivity contribution in [3.63, 3.8) is 0 Å². The SMILES string of the molecule is CCC1OC[C@H]1C#Cc1ncc(C(=O)NO)cn1. The number of ether oxygens (including phenoxy) is 1. The van der Waals surface area contributed by atoms with E-state index in [1.165, 1.54) is 17.9 Å². The molecule has 6 heteroatoms. The summed E-state index contributed by atoms with van der Waals surface area (Å²) in [5, 5.41) is 8.43. The van der Waals surface area contributed by atoms with Crippen molar-refractivity contribution in [1.82, 2.24) is 15.4 Å². The van der Waals surface area contributed by atoms with Crippen molar-refractivity contribution in [1.29, 1.82) is 0 Å². The highest BCUT2D eigenvalue weighted by atomic mass is 16.5. The Bertz CT molecular complexity index is 488. The first-order chi connectivity index (χ1) is 8.74. The molecule has 18 heavy (non-hydrogen) atoms. The highest BCUT2D eigenvalue weighted by Gasteiger charge is 2.28. The summed E-state index contributed by atoms with van der Waals surface area (Å²) >= 11 is 0. The smallest absolute Gasteiger partial charge is 0.277 e. The van der Waals surface area contributed by atoms with Crippen molar-refractivity contribution in [3.05, 3.63) is 23.8 Å². The van der Waals surface area contributed by atoms with Crippen LogP contribution in [0.25, 0.3) is 0 Å². The number of carbonyl (C=O) groups is 1. The zero-order chi connectivity index (χ0) is 13.0. The van der Waals surface area contributed by atoms with Crippen LogP contribution >= 0.6 is 0 Å². The Balaban J connectivity index is 2.02. The van der Waals surface area contributed by atoms with E-state index in [1.54, 1.807) is 0 Å². The molecular weight excluding hydrogens is 234 g/mol. The lowest BCUT2D eigenvalue weighted by molar-refractivity contribution is -0.0893. The summed E-state index contributed by atoms with van der Waals surface area (Å²) in [5.41, 5.74) is 1.69. The molecule has 0 aliphatic carbocycles. The second-order valence-electron chi connectivity index (χ2n) is 3.89. The number of nitrogens with one attached hydrogen (secondary N) is 1. The van der Waals surface area contributed by atoms with Gasteiger partial charge >= 0.3 is 0 Å². The van der Waals surface area contributed by atoms with Gasteiger partial charge in [-0.3, -0.25) is 10.0 Å². The van der Waals surface area contributed by atoms with Crippen LogP contribution in [0, 0.1) is 17.8 Å². The molecule has 94 valence electrons. The Morgan fingerprint density at radius 1 is 1.61 bits per heavy atom. The molecule has 2 rings (SSSR count). The van der Waals surface area contributed by atoms with Gasteiger partial charge in [0.1, 0.15) is 0 Å². The van der Waals surface area contributed by atoms with Crippen LogP contribution in [0.1, 0.15) is 29.5 Å². The van der Waals surface area contributed by atoms with E-state index in [1.807, 2.05) is 0 Å². The molecule has 1 saturated heterocycles. The molecule has 1 fully saturated rings. The lowest BCUT2D eigenvalue weighted by atomic mass is 9.96. The normalized spacial score (nSPS) is 21.4. The van der Waals surface area contributed by atoms with Gasteiger partial charge in [0.2, 0.25) is 5.82 Å². The average molecular weight is 247 g/mol. The fourth-order valence-electron chi connectivity index (χ4n) is 1.60. The van der Waals surface area contributed by atoms with Crippen LogP contribution in [0.3, 0.4) is 0 Å². The van der Waals surface area contributed by atoms with Gasteiger partial charge in [0.15, 0.2) is 0 Å². The molecule has 0 radical (unpaired) electrons. The molecule has 6 nitrogen and oxygen atoms in total. The average Bonchev–Trinajstić information content (AvgIpc) is 2.38. The van der Waals surface area contributed by atoms with Crippen LogP contribution in [0.15, 0.2) is 12.4 Å². The fourth-order valence-corrected chi connectivity index (χ4v) is 1.60. The third-order valence-corrected chi connectivity index (χ3v) is 2.73. The molecular formula is C12H13N3O3. The molecule has 0 saturated carbocycles. The minimum absolute atomic E-state index is 0.182. The van der Waals surface area contributed by atoms with Gasteiger partial charge in [0.05, 0.1) is 24.2 Å². The van der Waals surface area contributed by atoms with Crippen molar-refractivity contribution >= 4 is 5.91 Å². The molecule has 1 aromatic heterocycles. The molecule has 0 aromatic carbocycles. The van der Waals surface area contributed by atoms with Gasteiger partial charge in [-0.05, 0) is 12.3 Å². The largest absolute Gasteiger partial charge is 0.375 e. The van der Waals surface area contributed by atoms with Crippen molar-refractivity contribution in [3.8, 4) is 11.8 Å². The van der Waals surface area contributed by atoms with Crippen LogP contribution in [0.4, 0.5) is 0 Å². The summed E-state index contributed by atoms with van der Waals surface area (Å²) in [6.07, 6.45) is 3.78. The maximum atomic E-state index is 11.0. The van der Waals surface area contributed by atoms with Crippen molar-refractivity contribution in [2.75, 3.05) is 6.61 Å². The maximum Gasteiger partial charge on any atom is 0.277 e. The lowest BCUT2D eigenvalue weighted by Crippen LogP contribution is -2.38. The number of nitrogens with zero attached hydrogens (tertiary/aromatic N) is 2. The first kappa shape index (κ1) is 12.5. The minimum Gasteiger partial charge on any atom is -0.375 e. The number of rotatable bonds is 2. The second-order valence-corrected chi connectivity index (χ2v) is 3.89. The summed E-state index contributed by atoms with van der Waals surface area (Å²) < 4.78 is 5.32. The summed E-state index contributed by atoms with van der Waals surface area (Å²) in [4.78, 5) is 18.9. The molecule has 2 N–H and O–H groups in total. The van der Waals surface area contributed by atoms with Gasteiger partial charge in [-0.2, -0.15) is 0 Å². The minimum atomic E-state index is -0.645. The van der Waals surface area contributed by atoms with E-state index in [9.17, 15) is 4.79 Å². The molecule has 1 amide bonds. The summed E-state index contributed by atoms with van der Waals surface area (Å²) in [7, 11) is 0. The van der Waals surface area contributed by atoms with Crippen molar-refractivity contribution in [2.45, 2.75) is 19.4 Å². The fraction of sp³-hybridized carbons (Fsp3) is 0.417. The van der Waals surface area contributed by atoms with E-state index < -0.39 is 5.91 Å². The zero-order valence-corrected chi connectivity index (χ0v) is 9.88. The highest BCUT2D eigenvalue weighted by Crippen LogP contribution is 2.21. The van der Waals surface area contributed by atoms with Gasteiger partial charge < -0.3 is 4.74 Å². The molecule has 2 heterocycles. The summed E-state index contributed by atoms with van der Waals surface area (Å²) in [6, 6.07) is 0.